The van der Waals surface area contributed by atoms with Gasteiger partial charge in [-0.25, -0.2) is 0 Å². The van der Waals surface area contributed by atoms with E-state index in [-0.39, 0.29) is 12.7 Å². The molecule has 18 heavy (non-hydrogen) atoms. The van der Waals surface area contributed by atoms with Gasteiger partial charge in [0.15, 0.2) is 11.5 Å². The van der Waals surface area contributed by atoms with Crippen molar-refractivity contribution in [2.75, 3.05) is 13.3 Å². The summed E-state index contributed by atoms with van der Waals surface area (Å²) in [6.45, 7) is 4.16. The average molecular weight is 271 g/mol. The normalized spacial score (nSPS) is 13.6. The van der Waals surface area contributed by atoms with Gasteiger partial charge < -0.3 is 20.5 Å². The SMILES string of the molecule is CC(C)(CN)NC(=O)c1cc(Cl)c2c(c1)OCO2. The van der Waals surface area contributed by atoms with Crippen molar-refractivity contribution < 1.29 is 14.3 Å². The number of nitrogens with one attached hydrogen (secondary N) is 1. The van der Waals surface area contributed by atoms with Crippen LogP contribution in [0.15, 0.2) is 12.1 Å². The molecule has 1 amide bonds. The Morgan fingerprint density at radius 1 is 1.50 bits per heavy atom. The summed E-state index contributed by atoms with van der Waals surface area (Å²) < 4.78 is 10.4. The number of amides is 1. The van der Waals surface area contributed by atoms with E-state index in [1.807, 2.05) is 13.8 Å². The van der Waals surface area contributed by atoms with Crippen LogP contribution in [-0.2, 0) is 0 Å². The van der Waals surface area contributed by atoms with E-state index in [1.54, 1.807) is 12.1 Å². The van der Waals surface area contributed by atoms with Crippen molar-refractivity contribution in [3.05, 3.63) is 22.7 Å². The van der Waals surface area contributed by atoms with Crippen LogP contribution in [0.25, 0.3) is 0 Å². The number of halogens is 1. The third-order valence-corrected chi connectivity index (χ3v) is 2.93. The molecule has 2 rings (SSSR count). The van der Waals surface area contributed by atoms with Crippen molar-refractivity contribution in [2.45, 2.75) is 19.4 Å². The largest absolute Gasteiger partial charge is 0.454 e. The van der Waals surface area contributed by atoms with Gasteiger partial charge in [-0.1, -0.05) is 11.6 Å². The lowest BCUT2D eigenvalue weighted by Gasteiger charge is -2.24. The van der Waals surface area contributed by atoms with E-state index in [4.69, 9.17) is 26.8 Å². The molecule has 0 fully saturated rings. The van der Waals surface area contributed by atoms with E-state index in [0.29, 0.717) is 28.6 Å². The van der Waals surface area contributed by atoms with Crippen LogP contribution in [0.3, 0.4) is 0 Å². The zero-order valence-corrected chi connectivity index (χ0v) is 11.0. The first-order chi connectivity index (χ1) is 8.43. The Hall–Kier alpha value is -1.46. The van der Waals surface area contributed by atoms with Gasteiger partial charge in [0.05, 0.1) is 5.02 Å². The maximum absolute atomic E-state index is 12.0. The van der Waals surface area contributed by atoms with Crippen molar-refractivity contribution in [3.8, 4) is 11.5 Å². The summed E-state index contributed by atoms with van der Waals surface area (Å²) in [5.41, 5.74) is 5.52. The molecule has 98 valence electrons. The Bertz CT molecular complexity index is 488. The van der Waals surface area contributed by atoms with Gasteiger partial charge in [0.25, 0.3) is 5.91 Å². The predicted octanol–water partition coefficient (Wildman–Crippen LogP) is 1.54. The number of rotatable bonds is 3. The molecule has 1 aliphatic heterocycles. The molecule has 1 aromatic carbocycles. The van der Waals surface area contributed by atoms with Crippen LogP contribution in [0.5, 0.6) is 11.5 Å². The fourth-order valence-electron chi connectivity index (χ4n) is 1.53. The van der Waals surface area contributed by atoms with E-state index < -0.39 is 5.54 Å². The van der Waals surface area contributed by atoms with Gasteiger partial charge >= 0.3 is 0 Å². The third-order valence-electron chi connectivity index (χ3n) is 2.65. The Kier molecular flexibility index (Phi) is 3.36. The molecule has 5 nitrogen and oxygen atoms in total. The predicted molar refractivity (Wildman–Crippen MR) is 68.2 cm³/mol. The Labute approximate surface area is 110 Å². The summed E-state index contributed by atoms with van der Waals surface area (Å²) in [4.78, 5) is 12.0. The average Bonchev–Trinajstić information content (AvgIpc) is 2.77. The molecule has 0 aromatic heterocycles. The molecule has 6 heteroatoms. The number of carbonyl (C=O) groups excluding carboxylic acids is 1. The number of ether oxygens (including phenoxy) is 2. The Morgan fingerprint density at radius 3 is 2.89 bits per heavy atom. The van der Waals surface area contributed by atoms with E-state index in [1.165, 1.54) is 0 Å². The molecule has 0 saturated heterocycles. The lowest BCUT2D eigenvalue weighted by atomic mass is 10.1. The molecule has 0 saturated carbocycles. The molecule has 0 aliphatic carbocycles. The molecule has 1 aliphatic rings. The second-order valence-electron chi connectivity index (χ2n) is 4.73. The molecular weight excluding hydrogens is 256 g/mol. The molecule has 0 atom stereocenters. The first-order valence-corrected chi connectivity index (χ1v) is 5.92. The summed E-state index contributed by atoms with van der Waals surface area (Å²) in [7, 11) is 0. The molecule has 1 heterocycles. The number of hydrogen-bond acceptors (Lipinski definition) is 4. The summed E-state index contributed by atoms with van der Waals surface area (Å²) >= 11 is 6.01. The number of hydrogen-bond donors (Lipinski definition) is 2. The molecule has 0 unspecified atom stereocenters. The zero-order chi connectivity index (χ0) is 13.3. The number of carbonyl (C=O) groups is 1. The van der Waals surface area contributed by atoms with Crippen LogP contribution in [0.4, 0.5) is 0 Å². The van der Waals surface area contributed by atoms with Crippen LogP contribution < -0.4 is 20.5 Å². The van der Waals surface area contributed by atoms with E-state index in [2.05, 4.69) is 5.32 Å². The highest BCUT2D eigenvalue weighted by molar-refractivity contribution is 6.32. The van der Waals surface area contributed by atoms with Crippen LogP contribution in [-0.4, -0.2) is 24.8 Å². The van der Waals surface area contributed by atoms with Crippen LogP contribution >= 0.6 is 11.6 Å². The molecule has 1 aromatic rings. The van der Waals surface area contributed by atoms with Crippen LogP contribution in [0.2, 0.25) is 5.02 Å². The lowest BCUT2D eigenvalue weighted by molar-refractivity contribution is 0.0915. The smallest absolute Gasteiger partial charge is 0.251 e. The van der Waals surface area contributed by atoms with Crippen molar-refractivity contribution in [3.63, 3.8) is 0 Å². The summed E-state index contributed by atoms with van der Waals surface area (Å²) in [5, 5.41) is 3.18. The van der Waals surface area contributed by atoms with Gasteiger partial charge in [0, 0.05) is 17.6 Å². The summed E-state index contributed by atoms with van der Waals surface area (Å²) in [6, 6.07) is 3.16. The minimum Gasteiger partial charge on any atom is -0.454 e. The van der Waals surface area contributed by atoms with Gasteiger partial charge in [-0.15, -0.1) is 0 Å². The highest BCUT2D eigenvalue weighted by Crippen LogP contribution is 2.39. The van der Waals surface area contributed by atoms with Crippen LogP contribution in [0, 0.1) is 0 Å². The first kappa shape index (κ1) is 13.0. The number of fused-ring (bicyclic) bond motifs is 1. The summed E-state index contributed by atoms with van der Waals surface area (Å²) in [6.07, 6.45) is 0. The molecule has 0 bridgehead atoms. The maximum Gasteiger partial charge on any atom is 0.251 e. The van der Waals surface area contributed by atoms with Gasteiger partial charge in [-0.05, 0) is 26.0 Å². The topological polar surface area (TPSA) is 73.6 Å². The quantitative estimate of drug-likeness (QED) is 0.874. The van der Waals surface area contributed by atoms with Crippen molar-refractivity contribution in [1.82, 2.24) is 5.32 Å². The molecule has 0 spiro atoms. The van der Waals surface area contributed by atoms with Crippen molar-refractivity contribution in [1.29, 1.82) is 0 Å². The monoisotopic (exact) mass is 270 g/mol. The molecule has 0 radical (unpaired) electrons. The second kappa shape index (κ2) is 4.66. The fraction of sp³-hybridized carbons (Fsp3) is 0.417. The third kappa shape index (κ3) is 2.52. The zero-order valence-electron chi connectivity index (χ0n) is 10.2. The second-order valence-corrected chi connectivity index (χ2v) is 5.14. The highest BCUT2D eigenvalue weighted by Gasteiger charge is 2.23. The van der Waals surface area contributed by atoms with Crippen molar-refractivity contribution >= 4 is 17.5 Å². The lowest BCUT2D eigenvalue weighted by Crippen LogP contribution is -2.48. The summed E-state index contributed by atoms with van der Waals surface area (Å²) in [5.74, 6) is 0.718. The number of benzene rings is 1. The highest BCUT2D eigenvalue weighted by atomic mass is 35.5. The fourth-order valence-corrected chi connectivity index (χ4v) is 1.79. The minimum absolute atomic E-state index is 0.119. The van der Waals surface area contributed by atoms with Gasteiger partial charge in [-0.2, -0.15) is 0 Å². The molecule has 3 N–H and O–H groups in total. The minimum atomic E-state index is -0.472. The Morgan fingerprint density at radius 2 is 2.22 bits per heavy atom. The van der Waals surface area contributed by atoms with E-state index >= 15 is 0 Å². The number of nitrogens with two attached hydrogens (primary N) is 1. The first-order valence-electron chi connectivity index (χ1n) is 5.55. The van der Waals surface area contributed by atoms with Crippen molar-refractivity contribution in [2.24, 2.45) is 5.73 Å². The standard InChI is InChI=1S/C12H15ClN2O3/c1-12(2,5-14)15-11(16)7-3-8(13)10-9(4-7)17-6-18-10/h3-4H,5-6,14H2,1-2H3,(H,15,16). The van der Waals surface area contributed by atoms with E-state index in [9.17, 15) is 4.79 Å². The maximum atomic E-state index is 12.0. The Balaban J connectivity index is 2.24. The van der Waals surface area contributed by atoms with Gasteiger partial charge in [0.1, 0.15) is 0 Å². The van der Waals surface area contributed by atoms with Gasteiger partial charge in [-0.3, -0.25) is 4.79 Å². The van der Waals surface area contributed by atoms with Gasteiger partial charge in [0.2, 0.25) is 6.79 Å². The molecular formula is C12H15ClN2O3. The van der Waals surface area contributed by atoms with Crippen LogP contribution in [0.1, 0.15) is 24.2 Å². The van der Waals surface area contributed by atoms with E-state index in [0.717, 1.165) is 0 Å².